The van der Waals surface area contributed by atoms with Crippen LogP contribution in [0.5, 0.6) is 0 Å². The monoisotopic (exact) mass is 209 g/mol. The van der Waals surface area contributed by atoms with E-state index >= 15 is 0 Å². The van der Waals surface area contributed by atoms with E-state index in [1.165, 1.54) is 13.2 Å². The number of rotatable bonds is 1. The van der Waals surface area contributed by atoms with Crippen LogP contribution in [0, 0.1) is 0 Å². The van der Waals surface area contributed by atoms with E-state index in [0.717, 1.165) is 4.57 Å². The minimum atomic E-state index is -1.20. The van der Waals surface area contributed by atoms with E-state index in [2.05, 4.69) is 9.97 Å². The number of carbonyl (C=O) groups is 1. The summed E-state index contributed by atoms with van der Waals surface area (Å²) in [7, 11) is 1.31. The fraction of sp³-hybridized carbons (Fsp3) is 0.125. The van der Waals surface area contributed by atoms with Gasteiger partial charge < -0.3 is 15.1 Å². The van der Waals surface area contributed by atoms with Gasteiger partial charge in [0.15, 0.2) is 0 Å². The number of hydrogen-bond donors (Lipinski definition) is 3. The highest BCUT2D eigenvalue weighted by Gasteiger charge is 2.14. The van der Waals surface area contributed by atoms with Crippen molar-refractivity contribution in [3.8, 4) is 0 Å². The first kappa shape index (κ1) is 9.25. The molecule has 2 aromatic heterocycles. The fourth-order valence-corrected chi connectivity index (χ4v) is 1.34. The highest BCUT2D eigenvalue weighted by Crippen LogP contribution is 2.09. The average molecular weight is 209 g/mol. The summed E-state index contributed by atoms with van der Waals surface area (Å²) in [5, 5.41) is 8.77. The second-order valence-electron chi connectivity index (χ2n) is 3.05. The molecule has 2 heterocycles. The number of aromatic nitrogens is 3. The third-order valence-corrected chi connectivity index (χ3v) is 2.17. The Bertz CT molecular complexity index is 661. The molecule has 0 aliphatic heterocycles. The Morgan fingerprint density at radius 3 is 2.67 bits per heavy atom. The molecule has 0 aliphatic carbocycles. The van der Waals surface area contributed by atoms with Gasteiger partial charge in [0.25, 0.3) is 5.56 Å². The van der Waals surface area contributed by atoms with E-state index < -0.39 is 17.2 Å². The van der Waals surface area contributed by atoms with E-state index in [-0.39, 0.29) is 16.6 Å². The zero-order valence-electron chi connectivity index (χ0n) is 7.70. The van der Waals surface area contributed by atoms with Crippen LogP contribution in [0.2, 0.25) is 0 Å². The third kappa shape index (κ3) is 1.17. The molecular formula is C8H7N3O4. The summed E-state index contributed by atoms with van der Waals surface area (Å²) in [5.41, 5.74) is -1.22. The second kappa shape index (κ2) is 2.84. The van der Waals surface area contributed by atoms with Crippen LogP contribution in [0.4, 0.5) is 0 Å². The fourth-order valence-electron chi connectivity index (χ4n) is 1.34. The van der Waals surface area contributed by atoms with Crippen LogP contribution >= 0.6 is 0 Å². The number of aromatic amines is 2. The van der Waals surface area contributed by atoms with Gasteiger partial charge in [-0.15, -0.1) is 0 Å². The van der Waals surface area contributed by atoms with Gasteiger partial charge in [-0.25, -0.2) is 9.59 Å². The minimum absolute atomic E-state index is 0.0237. The number of aromatic carboxylic acids is 1. The predicted molar refractivity (Wildman–Crippen MR) is 51.1 cm³/mol. The lowest BCUT2D eigenvalue weighted by Crippen LogP contribution is -2.32. The molecule has 0 radical (unpaired) electrons. The van der Waals surface area contributed by atoms with Crippen molar-refractivity contribution in [3.63, 3.8) is 0 Å². The summed E-state index contributed by atoms with van der Waals surface area (Å²) in [5.74, 6) is -1.20. The Labute approximate surface area is 82.0 Å². The van der Waals surface area contributed by atoms with Crippen LogP contribution in [-0.2, 0) is 7.05 Å². The molecule has 3 N–H and O–H groups in total. The number of H-pyrrole nitrogens is 2. The first-order valence-corrected chi connectivity index (χ1v) is 4.06. The van der Waals surface area contributed by atoms with Crippen LogP contribution in [0.15, 0.2) is 15.8 Å². The summed E-state index contributed by atoms with van der Waals surface area (Å²) in [6.07, 6.45) is 1.17. The van der Waals surface area contributed by atoms with Crippen molar-refractivity contribution in [2.45, 2.75) is 0 Å². The summed E-state index contributed by atoms with van der Waals surface area (Å²) >= 11 is 0. The maximum absolute atomic E-state index is 11.5. The van der Waals surface area contributed by atoms with E-state index in [1.807, 2.05) is 0 Å². The molecular weight excluding hydrogens is 202 g/mol. The molecule has 0 aromatic carbocycles. The van der Waals surface area contributed by atoms with Crippen molar-refractivity contribution in [1.82, 2.24) is 14.5 Å². The molecule has 0 saturated heterocycles. The second-order valence-corrected chi connectivity index (χ2v) is 3.05. The van der Waals surface area contributed by atoms with E-state index in [1.54, 1.807) is 0 Å². The lowest BCUT2D eigenvalue weighted by Gasteiger charge is -1.96. The van der Waals surface area contributed by atoms with Crippen molar-refractivity contribution in [1.29, 1.82) is 0 Å². The Morgan fingerprint density at radius 1 is 1.40 bits per heavy atom. The SMILES string of the molecule is Cn1c(=O)[nH]c2c(C(=O)O)c[nH]c2c1=O. The zero-order valence-corrected chi connectivity index (χ0v) is 7.70. The molecule has 0 bridgehead atoms. The van der Waals surface area contributed by atoms with E-state index in [0.29, 0.717) is 0 Å². The van der Waals surface area contributed by atoms with Gasteiger partial charge in [0.1, 0.15) is 11.1 Å². The maximum atomic E-state index is 11.5. The van der Waals surface area contributed by atoms with Gasteiger partial charge in [0, 0.05) is 13.2 Å². The largest absolute Gasteiger partial charge is 0.478 e. The molecule has 2 aromatic rings. The first-order valence-electron chi connectivity index (χ1n) is 4.06. The summed E-state index contributed by atoms with van der Waals surface area (Å²) in [6.45, 7) is 0. The molecule has 7 nitrogen and oxygen atoms in total. The first-order chi connectivity index (χ1) is 7.02. The number of fused-ring (bicyclic) bond motifs is 1. The quantitative estimate of drug-likeness (QED) is 0.574. The summed E-state index contributed by atoms with van der Waals surface area (Å²) in [6, 6.07) is 0. The molecule has 15 heavy (non-hydrogen) atoms. The highest BCUT2D eigenvalue weighted by molar-refractivity contribution is 6.00. The van der Waals surface area contributed by atoms with Gasteiger partial charge in [-0.05, 0) is 0 Å². The number of hydrogen-bond acceptors (Lipinski definition) is 3. The molecule has 0 aliphatic rings. The Hall–Kier alpha value is -2.31. The Kier molecular flexibility index (Phi) is 1.75. The molecule has 0 spiro atoms. The third-order valence-electron chi connectivity index (χ3n) is 2.17. The summed E-state index contributed by atoms with van der Waals surface area (Å²) in [4.78, 5) is 38.3. The van der Waals surface area contributed by atoms with Gasteiger partial charge in [0.2, 0.25) is 0 Å². The molecule has 0 fully saturated rings. The lowest BCUT2D eigenvalue weighted by molar-refractivity contribution is 0.0699. The number of carboxylic acids is 1. The molecule has 0 atom stereocenters. The Balaban J connectivity index is 3.02. The van der Waals surface area contributed by atoms with Crippen LogP contribution in [0.25, 0.3) is 11.0 Å². The lowest BCUT2D eigenvalue weighted by atomic mass is 10.3. The van der Waals surface area contributed by atoms with Crippen molar-refractivity contribution < 1.29 is 9.90 Å². The van der Waals surface area contributed by atoms with Gasteiger partial charge in [0.05, 0.1) is 5.52 Å². The van der Waals surface area contributed by atoms with Crippen molar-refractivity contribution in [3.05, 3.63) is 32.6 Å². The van der Waals surface area contributed by atoms with Crippen LogP contribution in [0.1, 0.15) is 10.4 Å². The molecule has 7 heteroatoms. The average Bonchev–Trinajstić information content (AvgIpc) is 2.58. The van der Waals surface area contributed by atoms with Gasteiger partial charge in [-0.3, -0.25) is 9.36 Å². The minimum Gasteiger partial charge on any atom is -0.478 e. The van der Waals surface area contributed by atoms with E-state index in [4.69, 9.17) is 5.11 Å². The standard InChI is InChI=1S/C8H7N3O4/c1-11-6(12)5-4(10-8(11)15)3(2-9-5)7(13)14/h2,9H,1H3,(H,10,15)(H,13,14). The van der Waals surface area contributed by atoms with Crippen molar-refractivity contribution in [2.75, 3.05) is 0 Å². The molecule has 0 amide bonds. The number of carboxylic acid groups (broad SMARTS) is 1. The van der Waals surface area contributed by atoms with E-state index in [9.17, 15) is 14.4 Å². The van der Waals surface area contributed by atoms with Crippen molar-refractivity contribution >= 4 is 17.0 Å². The summed E-state index contributed by atoms with van der Waals surface area (Å²) < 4.78 is 0.866. The van der Waals surface area contributed by atoms with Gasteiger partial charge in [-0.2, -0.15) is 0 Å². The normalized spacial score (nSPS) is 10.7. The predicted octanol–water partition coefficient (Wildman–Crippen LogP) is -0.747. The molecule has 2 rings (SSSR count). The van der Waals surface area contributed by atoms with Gasteiger partial charge >= 0.3 is 11.7 Å². The number of nitrogens with zero attached hydrogens (tertiary/aromatic N) is 1. The van der Waals surface area contributed by atoms with Crippen LogP contribution < -0.4 is 11.2 Å². The topological polar surface area (TPSA) is 108 Å². The van der Waals surface area contributed by atoms with Crippen LogP contribution in [0.3, 0.4) is 0 Å². The maximum Gasteiger partial charge on any atom is 0.339 e. The molecule has 0 unspecified atom stereocenters. The van der Waals surface area contributed by atoms with Crippen LogP contribution in [-0.4, -0.2) is 25.6 Å². The molecule has 78 valence electrons. The van der Waals surface area contributed by atoms with Gasteiger partial charge in [-0.1, -0.05) is 0 Å². The highest BCUT2D eigenvalue weighted by atomic mass is 16.4. The van der Waals surface area contributed by atoms with Crippen molar-refractivity contribution in [2.24, 2.45) is 7.05 Å². The zero-order chi connectivity index (χ0) is 11.2. The molecule has 0 saturated carbocycles. The number of nitrogens with one attached hydrogen (secondary N) is 2. The Morgan fingerprint density at radius 2 is 2.07 bits per heavy atom. The smallest absolute Gasteiger partial charge is 0.339 e.